The molecule has 1 unspecified atom stereocenters. The molecule has 0 heterocycles. The van der Waals surface area contributed by atoms with E-state index in [1.807, 2.05) is 19.9 Å². The summed E-state index contributed by atoms with van der Waals surface area (Å²) in [5.74, 6) is 0.495. The molecule has 0 saturated carbocycles. The third-order valence-electron chi connectivity index (χ3n) is 5.58. The van der Waals surface area contributed by atoms with Gasteiger partial charge in [-0.2, -0.15) is 0 Å². The first kappa shape index (κ1) is 28.2. The smallest absolute Gasteiger partial charge is 0.0187 e. The molecule has 1 atom stereocenters. The zero-order chi connectivity index (χ0) is 24.6. The Morgan fingerprint density at radius 2 is 1.33 bits per heavy atom. The van der Waals surface area contributed by atoms with Crippen molar-refractivity contribution in [3.8, 4) is 0 Å². The van der Waals surface area contributed by atoms with Crippen LogP contribution in [0.25, 0.3) is 0 Å². The Morgan fingerprint density at radius 3 is 1.79 bits per heavy atom. The summed E-state index contributed by atoms with van der Waals surface area (Å²) in [6.45, 7) is 18.7. The molecule has 2 aromatic rings. The van der Waals surface area contributed by atoms with Crippen LogP contribution >= 0.6 is 0 Å². The molecule has 2 rings (SSSR count). The van der Waals surface area contributed by atoms with E-state index in [4.69, 9.17) is 0 Å². The fraction of sp³-hybridized carbons (Fsp3) is 0.333. The van der Waals surface area contributed by atoms with Crippen molar-refractivity contribution in [2.24, 2.45) is 5.92 Å². The zero-order valence-electron chi connectivity index (χ0n) is 21.9. The van der Waals surface area contributed by atoms with E-state index in [0.717, 1.165) is 6.42 Å². The summed E-state index contributed by atoms with van der Waals surface area (Å²) in [7, 11) is 0. The van der Waals surface area contributed by atoms with Gasteiger partial charge in [0, 0.05) is 11.8 Å². The Balaban J connectivity index is 0.00000265. The molecule has 0 aromatic heterocycles. The first-order valence-corrected chi connectivity index (χ1v) is 12.4. The number of rotatable bonds is 10. The monoisotopic (exact) mass is 440 g/mol. The van der Waals surface area contributed by atoms with E-state index < -0.39 is 0 Å². The van der Waals surface area contributed by atoms with Gasteiger partial charge in [0.1, 0.15) is 0 Å². The Labute approximate surface area is 204 Å². The summed E-state index contributed by atoms with van der Waals surface area (Å²) in [5.41, 5.74) is 7.89. The minimum absolute atomic E-state index is 0.240. The molecule has 0 bridgehead atoms. The molecule has 0 spiro atoms. The third-order valence-corrected chi connectivity index (χ3v) is 5.58. The highest BCUT2D eigenvalue weighted by atomic mass is 14.2. The van der Waals surface area contributed by atoms with Crippen molar-refractivity contribution in [1.82, 2.24) is 0 Å². The van der Waals surface area contributed by atoms with Crippen molar-refractivity contribution in [1.29, 1.82) is 0 Å². The number of hydrogen-bond donors (Lipinski definition) is 0. The van der Waals surface area contributed by atoms with Crippen LogP contribution in [0.2, 0.25) is 0 Å². The molecule has 0 aliphatic carbocycles. The largest absolute Gasteiger partial charge is 0.0991 e. The highest BCUT2D eigenvalue weighted by Crippen LogP contribution is 2.35. The lowest BCUT2D eigenvalue weighted by atomic mass is 9.79. The second kappa shape index (κ2) is 15.9. The fourth-order valence-corrected chi connectivity index (χ4v) is 3.80. The normalized spacial score (nSPS) is 13.3. The first-order valence-electron chi connectivity index (χ1n) is 12.4. The molecule has 0 heteroatoms. The van der Waals surface area contributed by atoms with Crippen molar-refractivity contribution in [2.45, 2.75) is 67.2 Å². The minimum Gasteiger partial charge on any atom is -0.0991 e. The Kier molecular flexibility index (Phi) is 13.5. The van der Waals surface area contributed by atoms with Crippen LogP contribution in [0.3, 0.4) is 0 Å². The second-order valence-corrected chi connectivity index (χ2v) is 8.53. The van der Waals surface area contributed by atoms with E-state index in [0.29, 0.717) is 0 Å². The van der Waals surface area contributed by atoms with E-state index in [1.165, 1.54) is 39.8 Å². The van der Waals surface area contributed by atoms with Gasteiger partial charge in [0.05, 0.1) is 0 Å². The lowest BCUT2D eigenvalue weighted by Gasteiger charge is -2.24. The molecule has 176 valence electrons. The Hall–Kier alpha value is -2.86. The molecule has 0 fully saturated rings. The lowest BCUT2D eigenvalue weighted by molar-refractivity contribution is 0.684. The van der Waals surface area contributed by atoms with Crippen LogP contribution in [0.15, 0.2) is 109 Å². The molecular weight excluding hydrogens is 396 g/mol. The van der Waals surface area contributed by atoms with Crippen molar-refractivity contribution in [2.75, 3.05) is 0 Å². The molecule has 0 radical (unpaired) electrons. The summed E-state index contributed by atoms with van der Waals surface area (Å²) in [6.07, 6.45) is 17.6. The van der Waals surface area contributed by atoms with Crippen molar-refractivity contribution in [3.63, 3.8) is 0 Å². The van der Waals surface area contributed by atoms with Crippen LogP contribution in [0.4, 0.5) is 0 Å². The summed E-state index contributed by atoms with van der Waals surface area (Å²) >= 11 is 0. The van der Waals surface area contributed by atoms with E-state index in [-0.39, 0.29) is 11.8 Å². The summed E-state index contributed by atoms with van der Waals surface area (Å²) < 4.78 is 0. The highest BCUT2D eigenvalue weighted by Gasteiger charge is 2.21. The lowest BCUT2D eigenvalue weighted by Crippen LogP contribution is -2.11. The standard InChI is InChI=1S/C31H38.C2H6/c1-7-10-24(3)12-9-13-28(19-14-25(4)11-8-2)31(29-20-15-26(5)16-21-29)30-22-17-27(6)18-23-30;1-2/h8-9,11-23,28,31H,2,7,10H2,1,3-6H3;1-2H3/b13-9?,19-14-,24-12-,25-11-;. The van der Waals surface area contributed by atoms with Gasteiger partial charge in [-0.3, -0.25) is 0 Å². The minimum atomic E-state index is 0.240. The van der Waals surface area contributed by atoms with Gasteiger partial charge < -0.3 is 0 Å². The van der Waals surface area contributed by atoms with Gasteiger partial charge in [-0.05, 0) is 45.2 Å². The Bertz CT molecular complexity index is 885. The van der Waals surface area contributed by atoms with Crippen LogP contribution in [0.1, 0.15) is 75.6 Å². The number of benzene rings is 2. The van der Waals surface area contributed by atoms with E-state index in [2.05, 4.69) is 126 Å². The van der Waals surface area contributed by atoms with Crippen molar-refractivity contribution >= 4 is 0 Å². The quantitative estimate of drug-likeness (QED) is 0.322. The van der Waals surface area contributed by atoms with Gasteiger partial charge in [-0.1, -0.05) is 147 Å². The maximum Gasteiger partial charge on any atom is 0.0187 e. The van der Waals surface area contributed by atoms with Crippen LogP contribution in [-0.4, -0.2) is 0 Å². The number of hydrogen-bond acceptors (Lipinski definition) is 0. The van der Waals surface area contributed by atoms with Crippen LogP contribution in [0.5, 0.6) is 0 Å². The van der Waals surface area contributed by atoms with E-state index in [1.54, 1.807) is 0 Å². The first-order chi connectivity index (χ1) is 15.9. The summed E-state index contributed by atoms with van der Waals surface area (Å²) in [4.78, 5) is 0. The molecule has 33 heavy (non-hydrogen) atoms. The maximum atomic E-state index is 3.83. The van der Waals surface area contributed by atoms with Crippen molar-refractivity contribution < 1.29 is 0 Å². The predicted molar refractivity (Wildman–Crippen MR) is 150 cm³/mol. The van der Waals surface area contributed by atoms with Gasteiger partial charge >= 0.3 is 0 Å². The van der Waals surface area contributed by atoms with Gasteiger partial charge in [0.2, 0.25) is 0 Å². The Morgan fingerprint density at radius 1 is 0.818 bits per heavy atom. The summed E-state index contributed by atoms with van der Waals surface area (Å²) in [5, 5.41) is 0. The highest BCUT2D eigenvalue weighted by molar-refractivity contribution is 5.39. The van der Waals surface area contributed by atoms with Crippen LogP contribution < -0.4 is 0 Å². The molecule has 0 amide bonds. The number of aryl methyl sites for hydroxylation is 2. The molecule has 2 aromatic carbocycles. The topological polar surface area (TPSA) is 0 Å². The van der Waals surface area contributed by atoms with E-state index in [9.17, 15) is 0 Å². The third kappa shape index (κ3) is 10.1. The van der Waals surface area contributed by atoms with Gasteiger partial charge in [-0.25, -0.2) is 0 Å². The molecule has 0 saturated heterocycles. The SMILES string of the molecule is C=C/C=C(C)\C=C/C(C=C/C=C(/C)CCC)C(c1ccc(C)cc1)c1ccc(C)cc1.CC. The number of allylic oxidation sites excluding steroid dienone is 9. The van der Waals surface area contributed by atoms with E-state index >= 15 is 0 Å². The average Bonchev–Trinajstić information content (AvgIpc) is 2.81. The molecule has 0 aliphatic rings. The molecule has 0 aliphatic heterocycles. The van der Waals surface area contributed by atoms with Crippen molar-refractivity contribution in [3.05, 3.63) is 131 Å². The van der Waals surface area contributed by atoms with Gasteiger partial charge in [0.15, 0.2) is 0 Å². The van der Waals surface area contributed by atoms with Crippen LogP contribution in [-0.2, 0) is 0 Å². The average molecular weight is 441 g/mol. The molecule has 0 nitrogen and oxygen atoms in total. The van der Waals surface area contributed by atoms with Gasteiger partial charge in [-0.15, -0.1) is 0 Å². The van der Waals surface area contributed by atoms with Crippen LogP contribution in [0, 0.1) is 19.8 Å². The fourth-order valence-electron chi connectivity index (χ4n) is 3.80. The zero-order valence-corrected chi connectivity index (χ0v) is 21.9. The maximum absolute atomic E-state index is 3.83. The molecule has 0 N–H and O–H groups in total. The second-order valence-electron chi connectivity index (χ2n) is 8.53. The van der Waals surface area contributed by atoms with Gasteiger partial charge in [0.25, 0.3) is 0 Å². The molecular formula is C33H44. The summed E-state index contributed by atoms with van der Waals surface area (Å²) in [6, 6.07) is 18.0. The predicted octanol–water partition coefficient (Wildman–Crippen LogP) is 10.1.